The molecule has 27 heavy (non-hydrogen) atoms. The average molecular weight is 420 g/mol. The number of nitrogens with zero attached hydrogens (tertiary/aromatic N) is 1. The second kappa shape index (κ2) is 7.33. The zero-order valence-electron chi connectivity index (χ0n) is 14.9. The summed E-state index contributed by atoms with van der Waals surface area (Å²) in [7, 11) is -3.77. The van der Waals surface area contributed by atoms with Gasteiger partial charge in [0.2, 0.25) is 5.91 Å². The van der Waals surface area contributed by atoms with Gasteiger partial charge >= 0.3 is 0 Å². The number of hydrogen-bond donors (Lipinski definition) is 4. The van der Waals surface area contributed by atoms with Crippen molar-refractivity contribution in [2.75, 3.05) is 13.1 Å². The maximum atomic E-state index is 12.3. The zero-order valence-corrected chi connectivity index (χ0v) is 16.5. The van der Waals surface area contributed by atoms with Gasteiger partial charge in [-0.2, -0.15) is 8.42 Å². The van der Waals surface area contributed by atoms with Crippen LogP contribution in [0, 0.1) is 11.8 Å². The first-order valence-electron chi connectivity index (χ1n) is 8.65. The Bertz CT molecular complexity index is 783. The number of nitrogens with one attached hydrogen (secondary N) is 2. The molecular formula is C15H23N4O6S2-. The number of nitrogens with two attached hydrogens (primary N) is 1. The predicted octanol–water partition coefficient (Wildman–Crippen LogP) is -2.94. The SMILES string of the molecule is C[C@@H](O)[C@H]1C(=O)N2C(C(=O)[O-])=C(S[C@@H]3CN[C@H](CNS(N)(=O)=O)C3)[C@H](C)[C@H]12. The van der Waals surface area contributed by atoms with Crippen LogP contribution in [0.15, 0.2) is 10.6 Å². The highest BCUT2D eigenvalue weighted by atomic mass is 32.2. The van der Waals surface area contributed by atoms with Crippen LogP contribution < -0.4 is 20.3 Å². The lowest BCUT2D eigenvalue weighted by molar-refractivity contribution is -0.301. The summed E-state index contributed by atoms with van der Waals surface area (Å²) < 4.78 is 24.2. The number of aliphatic carboxylic acids is 1. The molecule has 152 valence electrons. The Labute approximate surface area is 161 Å². The summed E-state index contributed by atoms with van der Waals surface area (Å²) in [5.74, 6) is -2.62. The molecule has 0 aromatic heterocycles. The van der Waals surface area contributed by atoms with Crippen molar-refractivity contribution in [2.45, 2.75) is 43.7 Å². The summed E-state index contributed by atoms with van der Waals surface area (Å²) in [6, 6.07) is -0.490. The lowest BCUT2D eigenvalue weighted by Crippen LogP contribution is -2.64. The number of amides is 1. The molecule has 0 radical (unpaired) electrons. The number of fused-ring (bicyclic) bond motifs is 1. The molecule has 3 heterocycles. The van der Waals surface area contributed by atoms with Gasteiger partial charge in [0.05, 0.1) is 29.7 Å². The number of thioether (sulfide) groups is 1. The Morgan fingerprint density at radius 2 is 2.22 bits per heavy atom. The second-order valence-electron chi connectivity index (χ2n) is 7.23. The number of carboxylic acids is 1. The van der Waals surface area contributed by atoms with Gasteiger partial charge in [-0.25, -0.2) is 9.86 Å². The third-order valence-electron chi connectivity index (χ3n) is 5.31. The van der Waals surface area contributed by atoms with E-state index in [-0.39, 0.29) is 35.5 Å². The van der Waals surface area contributed by atoms with Crippen molar-refractivity contribution >= 4 is 33.8 Å². The largest absolute Gasteiger partial charge is 0.543 e. The number of carboxylic acid groups (broad SMARTS) is 1. The highest BCUT2D eigenvalue weighted by Gasteiger charge is 2.58. The fraction of sp³-hybridized carbons (Fsp3) is 0.733. The summed E-state index contributed by atoms with van der Waals surface area (Å²) >= 11 is 1.37. The minimum absolute atomic E-state index is 0.0166. The highest BCUT2D eigenvalue weighted by Crippen LogP contribution is 2.51. The quantitative estimate of drug-likeness (QED) is 0.318. The second-order valence-corrected chi connectivity index (χ2v) is 9.95. The molecular weight excluding hydrogens is 396 g/mol. The van der Waals surface area contributed by atoms with E-state index >= 15 is 0 Å². The molecule has 6 atom stereocenters. The van der Waals surface area contributed by atoms with Gasteiger partial charge in [-0.1, -0.05) is 6.92 Å². The van der Waals surface area contributed by atoms with Gasteiger partial charge in [0, 0.05) is 35.2 Å². The van der Waals surface area contributed by atoms with E-state index in [0.29, 0.717) is 17.9 Å². The van der Waals surface area contributed by atoms with Crippen LogP contribution in [0.5, 0.6) is 0 Å². The van der Waals surface area contributed by atoms with Crippen LogP contribution in [-0.4, -0.2) is 66.8 Å². The Balaban J connectivity index is 1.71. The lowest BCUT2D eigenvalue weighted by Gasteiger charge is -2.47. The van der Waals surface area contributed by atoms with Crippen molar-refractivity contribution in [3.8, 4) is 0 Å². The number of hydrogen-bond acceptors (Lipinski definition) is 8. The number of aliphatic hydroxyl groups is 1. The molecule has 0 saturated carbocycles. The number of carbonyl (C=O) groups is 2. The number of rotatable bonds is 7. The van der Waals surface area contributed by atoms with E-state index < -0.39 is 34.1 Å². The molecule has 3 rings (SSSR count). The molecule has 0 aliphatic carbocycles. The summed E-state index contributed by atoms with van der Waals surface area (Å²) in [5.41, 5.74) is -0.106. The van der Waals surface area contributed by atoms with Crippen LogP contribution >= 0.6 is 11.8 Å². The molecule has 3 aliphatic rings. The molecule has 0 bridgehead atoms. The van der Waals surface area contributed by atoms with E-state index in [4.69, 9.17) is 5.14 Å². The summed E-state index contributed by atoms with van der Waals surface area (Å²) in [6.45, 7) is 4.09. The van der Waals surface area contributed by atoms with Crippen LogP contribution in [0.3, 0.4) is 0 Å². The minimum Gasteiger partial charge on any atom is -0.543 e. The lowest BCUT2D eigenvalue weighted by atomic mass is 9.79. The first-order chi connectivity index (χ1) is 12.5. The van der Waals surface area contributed by atoms with Crippen molar-refractivity contribution < 1.29 is 28.2 Å². The monoisotopic (exact) mass is 419 g/mol. The molecule has 12 heteroatoms. The van der Waals surface area contributed by atoms with Crippen LogP contribution in [0.4, 0.5) is 0 Å². The molecule has 10 nitrogen and oxygen atoms in total. The van der Waals surface area contributed by atoms with Crippen LogP contribution in [0.1, 0.15) is 20.3 Å². The molecule has 1 amide bonds. The Morgan fingerprint density at radius 1 is 1.56 bits per heavy atom. The number of aliphatic hydroxyl groups excluding tert-OH is 1. The van der Waals surface area contributed by atoms with Gasteiger partial charge in [-0.3, -0.25) is 4.79 Å². The van der Waals surface area contributed by atoms with E-state index in [0.717, 1.165) is 0 Å². The minimum atomic E-state index is -3.77. The van der Waals surface area contributed by atoms with Crippen molar-refractivity contribution in [3.05, 3.63) is 10.6 Å². The first-order valence-corrected chi connectivity index (χ1v) is 11.1. The average Bonchev–Trinajstić information content (AvgIpc) is 3.07. The highest BCUT2D eigenvalue weighted by molar-refractivity contribution is 8.03. The number of β-lactam (4-membered cyclic amide) rings is 1. The predicted molar refractivity (Wildman–Crippen MR) is 95.9 cm³/mol. The Hall–Kier alpha value is -1.18. The fourth-order valence-electron chi connectivity index (χ4n) is 4.09. The van der Waals surface area contributed by atoms with E-state index in [1.54, 1.807) is 0 Å². The smallest absolute Gasteiger partial charge is 0.274 e. The van der Waals surface area contributed by atoms with E-state index in [9.17, 15) is 28.2 Å². The van der Waals surface area contributed by atoms with Gasteiger partial charge in [-0.15, -0.1) is 11.8 Å². The maximum Gasteiger partial charge on any atom is 0.274 e. The van der Waals surface area contributed by atoms with Crippen LogP contribution in [-0.2, 0) is 19.8 Å². The van der Waals surface area contributed by atoms with Gasteiger partial charge in [0.15, 0.2) is 0 Å². The summed E-state index contributed by atoms with van der Waals surface area (Å²) in [5, 5.41) is 29.6. The number of carbonyl (C=O) groups excluding carboxylic acids is 2. The van der Waals surface area contributed by atoms with Crippen molar-refractivity contribution in [3.63, 3.8) is 0 Å². The third-order valence-corrected chi connectivity index (χ3v) is 7.39. The first kappa shape index (κ1) is 20.6. The molecule has 0 spiro atoms. The molecule has 5 N–H and O–H groups in total. The molecule has 0 unspecified atom stereocenters. The zero-order chi connectivity index (χ0) is 20.1. The van der Waals surface area contributed by atoms with Crippen molar-refractivity contribution in [1.82, 2.24) is 14.9 Å². The van der Waals surface area contributed by atoms with Gasteiger partial charge in [0.25, 0.3) is 10.2 Å². The molecule has 2 saturated heterocycles. The van der Waals surface area contributed by atoms with Crippen molar-refractivity contribution in [2.24, 2.45) is 17.0 Å². The third kappa shape index (κ3) is 3.87. The fourth-order valence-corrected chi connectivity index (χ4v) is 6.04. The Morgan fingerprint density at radius 3 is 2.78 bits per heavy atom. The normalized spacial score (nSPS) is 34.6. The van der Waals surface area contributed by atoms with E-state index in [1.807, 2.05) is 6.92 Å². The summed E-state index contributed by atoms with van der Waals surface area (Å²) in [4.78, 5) is 25.8. The van der Waals surface area contributed by atoms with E-state index in [1.165, 1.54) is 23.6 Å². The topological polar surface area (TPSA) is 165 Å². The van der Waals surface area contributed by atoms with Gasteiger partial charge in [-0.05, 0) is 13.3 Å². The van der Waals surface area contributed by atoms with Gasteiger partial charge in [0.1, 0.15) is 0 Å². The van der Waals surface area contributed by atoms with Crippen molar-refractivity contribution in [1.29, 1.82) is 0 Å². The standard InChI is InChI=1S/C15H24N4O6S2/c1-6-11-10(7(2)20)14(21)19(11)12(15(22)23)13(6)26-9-3-8(17-5-9)4-18-27(16,24)25/h6-11,17-18,20H,3-5H2,1-2H3,(H,22,23)(H2,16,24,25)/p-1/t6-,7-,8+,9+,10-,11-/m1/s1. The summed E-state index contributed by atoms with van der Waals surface area (Å²) in [6.07, 6.45) is -0.238. The van der Waals surface area contributed by atoms with Crippen LogP contribution in [0.2, 0.25) is 0 Å². The van der Waals surface area contributed by atoms with Crippen LogP contribution in [0.25, 0.3) is 0 Å². The molecule has 0 aromatic rings. The Kier molecular flexibility index (Phi) is 5.58. The molecule has 3 aliphatic heterocycles. The van der Waals surface area contributed by atoms with Gasteiger partial charge < -0.3 is 25.2 Å². The maximum absolute atomic E-state index is 12.3. The molecule has 0 aromatic carbocycles. The van der Waals surface area contributed by atoms with E-state index in [2.05, 4.69) is 10.0 Å². The molecule has 2 fully saturated rings.